The number of benzene rings is 1. The van der Waals surface area contributed by atoms with Crippen molar-refractivity contribution in [2.24, 2.45) is 0 Å². The minimum Gasteiger partial charge on any atom is -0.304 e. The molecule has 2 aromatic rings. The molecule has 1 aromatic carbocycles. The van der Waals surface area contributed by atoms with Gasteiger partial charge in [0.2, 0.25) is 0 Å². The second-order valence-electron chi connectivity index (χ2n) is 7.64. The topological polar surface area (TPSA) is 24.3 Å². The van der Waals surface area contributed by atoms with E-state index in [9.17, 15) is 0 Å². The van der Waals surface area contributed by atoms with Gasteiger partial charge in [-0.1, -0.05) is 32.9 Å². The highest BCUT2D eigenvalue weighted by atomic mass is 15.3. The molecule has 1 aliphatic heterocycles. The fourth-order valence-electron chi connectivity index (χ4n) is 2.93. The minimum absolute atomic E-state index is 0.0860. The van der Waals surface area contributed by atoms with E-state index in [4.69, 9.17) is 5.10 Å². The van der Waals surface area contributed by atoms with Crippen molar-refractivity contribution in [3.05, 3.63) is 47.8 Å². The number of piperazine rings is 1. The van der Waals surface area contributed by atoms with Crippen LogP contribution >= 0.6 is 0 Å². The van der Waals surface area contributed by atoms with Crippen molar-refractivity contribution < 1.29 is 0 Å². The van der Waals surface area contributed by atoms with Gasteiger partial charge in [0.05, 0.1) is 11.4 Å². The molecular weight excluding hydrogens is 284 g/mol. The summed E-state index contributed by atoms with van der Waals surface area (Å²) in [5, 5.41) is 4.75. The zero-order valence-electron chi connectivity index (χ0n) is 14.8. The first kappa shape index (κ1) is 16.2. The van der Waals surface area contributed by atoms with Crippen molar-refractivity contribution >= 4 is 0 Å². The molecule has 4 heteroatoms. The van der Waals surface area contributed by atoms with Gasteiger partial charge in [0, 0.05) is 44.3 Å². The van der Waals surface area contributed by atoms with Gasteiger partial charge in [-0.15, -0.1) is 0 Å². The number of hydrogen-bond donors (Lipinski definition) is 0. The van der Waals surface area contributed by atoms with Crippen LogP contribution < -0.4 is 0 Å². The minimum atomic E-state index is 0.0860. The second kappa shape index (κ2) is 6.46. The van der Waals surface area contributed by atoms with Crippen LogP contribution in [0.25, 0.3) is 5.69 Å². The van der Waals surface area contributed by atoms with Crippen LogP contribution in [0.2, 0.25) is 0 Å². The Morgan fingerprint density at radius 1 is 1.04 bits per heavy atom. The van der Waals surface area contributed by atoms with Crippen molar-refractivity contribution in [2.75, 3.05) is 33.2 Å². The summed E-state index contributed by atoms with van der Waals surface area (Å²) in [6, 6.07) is 10.9. The lowest BCUT2D eigenvalue weighted by Gasteiger charge is -2.32. The SMILES string of the molecule is CN1CCN(Cc2cccc(-n3ccc(C(C)(C)C)n3)c2)CC1. The first-order valence-electron chi connectivity index (χ1n) is 8.48. The molecule has 0 radical (unpaired) electrons. The fourth-order valence-corrected chi connectivity index (χ4v) is 2.93. The molecule has 124 valence electrons. The van der Waals surface area contributed by atoms with E-state index in [0.29, 0.717) is 0 Å². The van der Waals surface area contributed by atoms with E-state index in [1.807, 2.05) is 4.68 Å². The Morgan fingerprint density at radius 3 is 2.43 bits per heavy atom. The van der Waals surface area contributed by atoms with E-state index in [0.717, 1.165) is 44.1 Å². The Bertz CT molecular complexity index is 645. The van der Waals surface area contributed by atoms with Gasteiger partial charge in [-0.25, -0.2) is 4.68 Å². The Morgan fingerprint density at radius 2 is 1.78 bits per heavy atom. The number of likely N-dealkylation sites (N-methyl/N-ethyl adjacent to an activating group) is 1. The highest BCUT2D eigenvalue weighted by molar-refractivity contribution is 5.35. The van der Waals surface area contributed by atoms with Gasteiger partial charge in [-0.05, 0) is 30.8 Å². The van der Waals surface area contributed by atoms with Crippen LogP contribution in [-0.4, -0.2) is 52.8 Å². The van der Waals surface area contributed by atoms with Gasteiger partial charge < -0.3 is 4.90 Å². The summed E-state index contributed by atoms with van der Waals surface area (Å²) in [7, 11) is 2.20. The fraction of sp³-hybridized carbons (Fsp3) is 0.526. The van der Waals surface area contributed by atoms with Crippen molar-refractivity contribution in [2.45, 2.75) is 32.7 Å². The standard InChI is InChI=1S/C19H28N4/c1-19(2,3)18-8-9-23(20-18)17-7-5-6-16(14-17)15-22-12-10-21(4)11-13-22/h5-9,14H,10-13,15H2,1-4H3. The van der Waals surface area contributed by atoms with Crippen molar-refractivity contribution in [1.29, 1.82) is 0 Å². The summed E-state index contributed by atoms with van der Waals surface area (Å²) in [5.74, 6) is 0. The molecule has 0 aliphatic carbocycles. The van der Waals surface area contributed by atoms with E-state index in [1.54, 1.807) is 0 Å². The van der Waals surface area contributed by atoms with E-state index in [2.05, 4.69) is 74.1 Å². The quantitative estimate of drug-likeness (QED) is 0.871. The molecule has 0 atom stereocenters. The van der Waals surface area contributed by atoms with E-state index < -0.39 is 0 Å². The van der Waals surface area contributed by atoms with E-state index in [1.165, 1.54) is 5.56 Å². The molecule has 3 rings (SSSR count). The third-order valence-corrected chi connectivity index (χ3v) is 4.53. The molecule has 4 nitrogen and oxygen atoms in total. The Labute approximate surface area is 139 Å². The molecule has 0 unspecified atom stereocenters. The van der Waals surface area contributed by atoms with Crippen LogP contribution in [0.15, 0.2) is 36.5 Å². The summed E-state index contributed by atoms with van der Waals surface area (Å²) < 4.78 is 1.99. The maximum Gasteiger partial charge on any atom is 0.0682 e. The lowest BCUT2D eigenvalue weighted by molar-refractivity contribution is 0.148. The predicted molar refractivity (Wildman–Crippen MR) is 95.0 cm³/mol. The Hall–Kier alpha value is -1.65. The highest BCUT2D eigenvalue weighted by Gasteiger charge is 2.17. The van der Waals surface area contributed by atoms with Crippen LogP contribution in [0, 0.1) is 0 Å². The average Bonchev–Trinajstić information content (AvgIpc) is 3.00. The summed E-state index contributed by atoms with van der Waals surface area (Å²) in [6.45, 7) is 12.2. The third-order valence-electron chi connectivity index (χ3n) is 4.53. The van der Waals surface area contributed by atoms with Crippen LogP contribution in [0.5, 0.6) is 0 Å². The molecule has 0 saturated carbocycles. The molecule has 1 aliphatic rings. The predicted octanol–water partition coefficient (Wildman–Crippen LogP) is 2.92. The van der Waals surface area contributed by atoms with Gasteiger partial charge in [-0.3, -0.25) is 4.90 Å². The average molecular weight is 312 g/mol. The van der Waals surface area contributed by atoms with Crippen LogP contribution in [0.1, 0.15) is 32.0 Å². The highest BCUT2D eigenvalue weighted by Crippen LogP contribution is 2.21. The van der Waals surface area contributed by atoms with Gasteiger partial charge in [-0.2, -0.15) is 5.10 Å². The molecule has 23 heavy (non-hydrogen) atoms. The zero-order chi connectivity index (χ0) is 16.4. The molecule has 1 saturated heterocycles. The summed E-state index contributed by atoms with van der Waals surface area (Å²) in [4.78, 5) is 4.92. The lowest BCUT2D eigenvalue weighted by Crippen LogP contribution is -2.43. The summed E-state index contributed by atoms with van der Waals surface area (Å²) in [5.41, 5.74) is 3.72. The lowest BCUT2D eigenvalue weighted by atomic mass is 9.93. The van der Waals surface area contributed by atoms with Crippen LogP contribution in [0.4, 0.5) is 0 Å². The molecule has 0 bridgehead atoms. The Balaban J connectivity index is 1.73. The smallest absolute Gasteiger partial charge is 0.0682 e. The normalized spacial score (nSPS) is 17.6. The van der Waals surface area contributed by atoms with Crippen LogP contribution in [0.3, 0.4) is 0 Å². The second-order valence-corrected chi connectivity index (χ2v) is 7.64. The summed E-state index contributed by atoms with van der Waals surface area (Å²) in [6.07, 6.45) is 2.07. The van der Waals surface area contributed by atoms with E-state index in [-0.39, 0.29) is 5.41 Å². The van der Waals surface area contributed by atoms with Crippen molar-refractivity contribution in [3.8, 4) is 5.69 Å². The molecule has 2 heterocycles. The number of rotatable bonds is 3. The maximum atomic E-state index is 4.75. The number of hydrogen-bond acceptors (Lipinski definition) is 3. The molecule has 0 N–H and O–H groups in total. The van der Waals surface area contributed by atoms with Crippen molar-refractivity contribution in [3.63, 3.8) is 0 Å². The van der Waals surface area contributed by atoms with E-state index >= 15 is 0 Å². The zero-order valence-corrected chi connectivity index (χ0v) is 14.8. The number of aromatic nitrogens is 2. The molecule has 0 spiro atoms. The first-order chi connectivity index (χ1) is 10.9. The largest absolute Gasteiger partial charge is 0.304 e. The molecule has 1 fully saturated rings. The third kappa shape index (κ3) is 4.01. The van der Waals surface area contributed by atoms with Crippen molar-refractivity contribution in [1.82, 2.24) is 19.6 Å². The molecular formula is C19H28N4. The number of nitrogens with zero attached hydrogens (tertiary/aromatic N) is 4. The Kier molecular flexibility index (Phi) is 4.55. The first-order valence-corrected chi connectivity index (χ1v) is 8.48. The van der Waals surface area contributed by atoms with Gasteiger partial charge in [0.1, 0.15) is 0 Å². The van der Waals surface area contributed by atoms with Gasteiger partial charge >= 0.3 is 0 Å². The molecule has 0 amide bonds. The van der Waals surface area contributed by atoms with Gasteiger partial charge in [0.15, 0.2) is 0 Å². The van der Waals surface area contributed by atoms with Gasteiger partial charge in [0.25, 0.3) is 0 Å². The maximum absolute atomic E-state index is 4.75. The monoisotopic (exact) mass is 312 g/mol. The summed E-state index contributed by atoms with van der Waals surface area (Å²) >= 11 is 0. The molecule has 1 aromatic heterocycles. The van der Waals surface area contributed by atoms with Crippen LogP contribution in [-0.2, 0) is 12.0 Å².